The Morgan fingerprint density at radius 2 is 2.12 bits per heavy atom. The van der Waals surface area contributed by atoms with Gasteiger partial charge in [0, 0.05) is 11.1 Å². The van der Waals surface area contributed by atoms with Gasteiger partial charge in [0.25, 0.3) is 0 Å². The number of anilines is 1. The Kier molecular flexibility index (Phi) is 5.14. The normalized spacial score (nSPS) is 12.5. The van der Waals surface area contributed by atoms with Gasteiger partial charge in [0.05, 0.1) is 16.9 Å². The molecule has 1 atom stereocenters. The Hall–Kier alpha value is -2.53. The maximum Gasteiger partial charge on any atom is 0.237 e. The number of nitriles is 1. The minimum absolute atomic E-state index is 0.199. The zero-order valence-corrected chi connectivity index (χ0v) is 14.9. The van der Waals surface area contributed by atoms with Crippen molar-refractivity contribution < 1.29 is 4.79 Å². The molecule has 1 heterocycles. The molecule has 1 aromatic carbocycles. The third kappa shape index (κ3) is 4.06. The number of carbonyl (C=O) groups is 1. The van der Waals surface area contributed by atoms with Crippen LogP contribution in [-0.4, -0.2) is 26.0 Å². The van der Waals surface area contributed by atoms with Crippen LogP contribution >= 0.6 is 11.8 Å². The molecule has 24 heavy (non-hydrogen) atoms. The number of nitrogen functional groups attached to an aromatic ring is 1. The van der Waals surface area contributed by atoms with Crippen LogP contribution in [0.25, 0.3) is 0 Å². The lowest BCUT2D eigenvalue weighted by Gasteiger charge is -2.17. The van der Waals surface area contributed by atoms with Gasteiger partial charge in [-0.05, 0) is 25.1 Å². The summed E-state index contributed by atoms with van der Waals surface area (Å²) in [6, 6.07) is 8.80. The summed E-state index contributed by atoms with van der Waals surface area (Å²) in [4.78, 5) is 12.3. The summed E-state index contributed by atoms with van der Waals surface area (Å²) in [5, 5.41) is 19.9. The first-order chi connectivity index (χ1) is 11.2. The molecule has 3 N–H and O–H groups in total. The van der Waals surface area contributed by atoms with Crippen LogP contribution in [0.1, 0.15) is 39.1 Å². The van der Waals surface area contributed by atoms with Crippen LogP contribution in [0.15, 0.2) is 29.4 Å². The van der Waals surface area contributed by atoms with Crippen LogP contribution in [0.2, 0.25) is 0 Å². The van der Waals surface area contributed by atoms with E-state index in [4.69, 9.17) is 11.1 Å². The van der Waals surface area contributed by atoms with Crippen molar-refractivity contribution in [3.8, 4) is 6.07 Å². The molecule has 7 nitrogen and oxygen atoms in total. The highest BCUT2D eigenvalue weighted by atomic mass is 32.2. The molecule has 0 saturated carbocycles. The number of nitrogens with one attached hydrogen (secondary N) is 1. The van der Waals surface area contributed by atoms with E-state index in [1.807, 2.05) is 26.8 Å². The van der Waals surface area contributed by atoms with Crippen molar-refractivity contribution in [2.45, 2.75) is 43.5 Å². The summed E-state index contributed by atoms with van der Waals surface area (Å²) in [7, 11) is 0. The number of rotatable bonds is 4. The smallest absolute Gasteiger partial charge is 0.237 e. The van der Waals surface area contributed by atoms with E-state index in [-0.39, 0.29) is 11.3 Å². The first-order valence-electron chi connectivity index (χ1n) is 7.41. The summed E-state index contributed by atoms with van der Waals surface area (Å²) >= 11 is 1.23. The van der Waals surface area contributed by atoms with E-state index in [9.17, 15) is 4.79 Å². The van der Waals surface area contributed by atoms with Gasteiger partial charge in [0.1, 0.15) is 0 Å². The molecule has 8 heteroatoms. The van der Waals surface area contributed by atoms with Crippen LogP contribution in [-0.2, 0) is 10.2 Å². The second-order valence-corrected chi connectivity index (χ2v) is 7.68. The van der Waals surface area contributed by atoms with Crippen molar-refractivity contribution in [3.05, 3.63) is 35.7 Å². The Labute approximate surface area is 145 Å². The van der Waals surface area contributed by atoms with Gasteiger partial charge in [-0.15, -0.1) is 10.2 Å². The molecule has 0 saturated heterocycles. The fraction of sp³-hybridized carbons (Fsp3) is 0.375. The number of nitrogens with zero attached hydrogens (tertiary/aromatic N) is 4. The van der Waals surface area contributed by atoms with Crippen LogP contribution in [0.4, 0.5) is 5.69 Å². The van der Waals surface area contributed by atoms with Gasteiger partial charge in [-0.1, -0.05) is 38.6 Å². The number of hydrogen-bond donors (Lipinski definition) is 2. The summed E-state index contributed by atoms with van der Waals surface area (Å²) in [6.45, 7) is 7.74. The van der Waals surface area contributed by atoms with Crippen molar-refractivity contribution in [2.24, 2.45) is 0 Å². The van der Waals surface area contributed by atoms with Gasteiger partial charge in [-0.3, -0.25) is 4.79 Å². The minimum atomic E-state index is -0.421. The Bertz CT molecular complexity index is 787. The van der Waals surface area contributed by atoms with Gasteiger partial charge in [0.15, 0.2) is 5.82 Å². The van der Waals surface area contributed by atoms with Crippen molar-refractivity contribution >= 4 is 23.4 Å². The molecular weight excluding hydrogens is 324 g/mol. The van der Waals surface area contributed by atoms with Crippen molar-refractivity contribution in [2.75, 3.05) is 11.2 Å². The number of benzene rings is 1. The summed E-state index contributed by atoms with van der Waals surface area (Å²) < 4.78 is 1.42. The number of amides is 1. The van der Waals surface area contributed by atoms with Gasteiger partial charge in [-0.25, -0.2) is 4.68 Å². The molecule has 0 fully saturated rings. The summed E-state index contributed by atoms with van der Waals surface area (Å²) in [6.07, 6.45) is 0. The average molecular weight is 344 g/mol. The third-order valence-electron chi connectivity index (χ3n) is 3.25. The van der Waals surface area contributed by atoms with Crippen molar-refractivity contribution in [3.63, 3.8) is 0 Å². The van der Waals surface area contributed by atoms with Gasteiger partial charge in [-0.2, -0.15) is 5.26 Å². The second-order valence-electron chi connectivity index (χ2n) is 6.37. The predicted molar refractivity (Wildman–Crippen MR) is 94.0 cm³/mol. The molecule has 0 aliphatic heterocycles. The molecule has 0 spiro atoms. The highest BCUT2D eigenvalue weighted by Gasteiger charge is 2.25. The van der Waals surface area contributed by atoms with E-state index >= 15 is 0 Å². The fourth-order valence-corrected chi connectivity index (χ4v) is 2.76. The van der Waals surface area contributed by atoms with Gasteiger partial charge >= 0.3 is 0 Å². The molecule has 0 bridgehead atoms. The topological polar surface area (TPSA) is 110 Å². The van der Waals surface area contributed by atoms with Crippen molar-refractivity contribution in [1.29, 1.82) is 5.26 Å². The van der Waals surface area contributed by atoms with Crippen LogP contribution < -0.4 is 11.2 Å². The zero-order valence-electron chi connectivity index (χ0n) is 14.1. The SMILES string of the molecule is C[C@@H](Sc1nnc(C(C)(C)C)n1N)C(=O)Nc1cccc(C#N)c1. The van der Waals surface area contributed by atoms with Crippen LogP contribution in [0.5, 0.6) is 0 Å². The number of nitrogens with two attached hydrogens (primary N) is 1. The van der Waals surface area contributed by atoms with E-state index in [0.29, 0.717) is 22.2 Å². The Morgan fingerprint density at radius 3 is 2.71 bits per heavy atom. The highest BCUT2D eigenvalue weighted by molar-refractivity contribution is 8.00. The van der Waals surface area contributed by atoms with E-state index in [0.717, 1.165) is 0 Å². The maximum absolute atomic E-state index is 12.3. The average Bonchev–Trinajstić information content (AvgIpc) is 2.88. The maximum atomic E-state index is 12.3. The molecule has 1 aromatic heterocycles. The van der Waals surface area contributed by atoms with E-state index in [1.54, 1.807) is 31.2 Å². The van der Waals surface area contributed by atoms with E-state index in [1.165, 1.54) is 16.4 Å². The monoisotopic (exact) mass is 344 g/mol. The predicted octanol–water partition coefficient (Wildman–Crippen LogP) is 2.28. The zero-order chi connectivity index (χ0) is 17.9. The number of hydrogen-bond acceptors (Lipinski definition) is 6. The second kappa shape index (κ2) is 6.93. The molecule has 0 aliphatic rings. The van der Waals surface area contributed by atoms with Gasteiger partial charge < -0.3 is 11.2 Å². The molecule has 0 unspecified atom stereocenters. The standard InChI is InChI=1S/C16H20N6OS/c1-10(13(23)19-12-7-5-6-11(8-12)9-17)24-15-21-20-14(22(15)18)16(2,3)4/h5-8,10H,18H2,1-4H3,(H,19,23)/t10-/m1/s1. The van der Waals surface area contributed by atoms with E-state index < -0.39 is 5.25 Å². The van der Waals surface area contributed by atoms with Crippen molar-refractivity contribution in [1.82, 2.24) is 14.9 Å². The van der Waals surface area contributed by atoms with E-state index in [2.05, 4.69) is 15.5 Å². The third-order valence-corrected chi connectivity index (χ3v) is 4.30. The quantitative estimate of drug-likeness (QED) is 0.650. The Morgan fingerprint density at radius 1 is 1.42 bits per heavy atom. The number of aromatic nitrogens is 3. The largest absolute Gasteiger partial charge is 0.336 e. The van der Waals surface area contributed by atoms with Crippen LogP contribution in [0.3, 0.4) is 0 Å². The molecule has 2 rings (SSSR count). The minimum Gasteiger partial charge on any atom is -0.336 e. The molecule has 2 aromatic rings. The van der Waals surface area contributed by atoms with Crippen LogP contribution in [0, 0.1) is 11.3 Å². The Balaban J connectivity index is 2.07. The lowest BCUT2D eigenvalue weighted by Crippen LogP contribution is -2.26. The first kappa shape index (κ1) is 17.8. The molecular formula is C16H20N6OS. The number of thioether (sulfide) groups is 1. The molecule has 0 radical (unpaired) electrons. The first-order valence-corrected chi connectivity index (χ1v) is 8.29. The molecule has 126 valence electrons. The molecule has 1 amide bonds. The lowest BCUT2D eigenvalue weighted by atomic mass is 9.96. The summed E-state index contributed by atoms with van der Waals surface area (Å²) in [5.41, 5.74) is 0.838. The highest BCUT2D eigenvalue weighted by Crippen LogP contribution is 2.26. The fourth-order valence-electron chi connectivity index (χ4n) is 1.99. The number of carbonyl (C=O) groups excluding carboxylic acids is 1. The molecule has 0 aliphatic carbocycles. The summed E-state index contributed by atoms with van der Waals surface area (Å²) in [5.74, 6) is 6.48. The lowest BCUT2D eigenvalue weighted by molar-refractivity contribution is -0.115. The van der Waals surface area contributed by atoms with Gasteiger partial charge in [0.2, 0.25) is 11.1 Å².